The van der Waals surface area contributed by atoms with Gasteiger partial charge in [0.15, 0.2) is 0 Å². The Labute approximate surface area is 76.2 Å². The minimum absolute atomic E-state index is 0.0736. The van der Waals surface area contributed by atoms with E-state index in [4.69, 9.17) is 4.84 Å². The molecule has 0 heterocycles. The number of hydroxylamine groups is 2. The van der Waals surface area contributed by atoms with E-state index in [-0.39, 0.29) is 5.54 Å². The fraction of sp³-hybridized carbons (Fsp3) is 0.800. The highest BCUT2D eigenvalue weighted by Gasteiger charge is 2.19. The van der Waals surface area contributed by atoms with Crippen molar-refractivity contribution in [3.63, 3.8) is 0 Å². The van der Waals surface area contributed by atoms with Gasteiger partial charge < -0.3 is 0 Å². The van der Waals surface area contributed by atoms with Gasteiger partial charge in [-0.1, -0.05) is 19.1 Å². The maximum Gasteiger partial charge on any atom is 0.0890 e. The summed E-state index contributed by atoms with van der Waals surface area (Å²) in [5.41, 5.74) is 1.13. The van der Waals surface area contributed by atoms with Crippen LogP contribution in [0.5, 0.6) is 0 Å². The first-order chi connectivity index (χ1) is 5.38. The highest BCUT2D eigenvalue weighted by Crippen LogP contribution is 2.13. The van der Waals surface area contributed by atoms with Gasteiger partial charge in [0, 0.05) is 12.1 Å². The van der Waals surface area contributed by atoms with Crippen molar-refractivity contribution in [1.29, 1.82) is 0 Å². The van der Waals surface area contributed by atoms with E-state index in [1.54, 1.807) is 0 Å². The van der Waals surface area contributed by atoms with Crippen molar-refractivity contribution in [2.45, 2.75) is 40.2 Å². The molecule has 12 heavy (non-hydrogen) atoms. The van der Waals surface area contributed by atoms with Crippen molar-refractivity contribution in [3.8, 4) is 0 Å². The normalized spacial score (nSPS) is 12.2. The van der Waals surface area contributed by atoms with Crippen LogP contribution in [0.15, 0.2) is 12.2 Å². The summed E-state index contributed by atoms with van der Waals surface area (Å²) in [6, 6.07) is 0. The molecule has 0 saturated heterocycles. The molecule has 2 heteroatoms. The van der Waals surface area contributed by atoms with E-state index < -0.39 is 0 Å². The van der Waals surface area contributed by atoms with Gasteiger partial charge in [0.1, 0.15) is 0 Å². The number of nitrogens with zero attached hydrogens (tertiary/aromatic N) is 1. The second-order valence-electron chi connectivity index (χ2n) is 4.10. The second-order valence-corrected chi connectivity index (χ2v) is 4.10. The van der Waals surface area contributed by atoms with Gasteiger partial charge in [0.25, 0.3) is 0 Å². The van der Waals surface area contributed by atoms with Crippen molar-refractivity contribution in [3.05, 3.63) is 12.2 Å². The Balaban J connectivity index is 3.92. The molecular weight excluding hydrogens is 150 g/mol. The van der Waals surface area contributed by atoms with Crippen molar-refractivity contribution < 1.29 is 4.84 Å². The topological polar surface area (TPSA) is 12.5 Å². The average molecular weight is 171 g/mol. The van der Waals surface area contributed by atoms with Crippen molar-refractivity contribution in [2.75, 3.05) is 13.2 Å². The molecule has 0 saturated carbocycles. The zero-order valence-corrected chi connectivity index (χ0v) is 8.98. The van der Waals surface area contributed by atoms with Gasteiger partial charge in [0.05, 0.1) is 6.61 Å². The van der Waals surface area contributed by atoms with Gasteiger partial charge in [-0.15, -0.1) is 0 Å². The van der Waals surface area contributed by atoms with E-state index in [1.165, 1.54) is 0 Å². The average Bonchev–Trinajstić information content (AvgIpc) is 1.85. The molecule has 0 spiro atoms. The van der Waals surface area contributed by atoms with Crippen LogP contribution >= 0.6 is 0 Å². The molecule has 0 atom stereocenters. The summed E-state index contributed by atoms with van der Waals surface area (Å²) < 4.78 is 0. The zero-order valence-electron chi connectivity index (χ0n) is 8.98. The van der Waals surface area contributed by atoms with Crippen molar-refractivity contribution in [1.82, 2.24) is 5.06 Å². The van der Waals surface area contributed by atoms with Crippen LogP contribution in [0.25, 0.3) is 0 Å². The van der Waals surface area contributed by atoms with E-state index in [0.29, 0.717) is 6.61 Å². The minimum atomic E-state index is 0.0736. The lowest BCUT2D eigenvalue weighted by atomic mass is 10.1. The molecular formula is C10H21NO. The second kappa shape index (κ2) is 4.63. The van der Waals surface area contributed by atoms with Gasteiger partial charge in [-0.25, -0.2) is 0 Å². The molecule has 0 aromatic rings. The predicted molar refractivity (Wildman–Crippen MR) is 52.9 cm³/mol. The lowest BCUT2D eigenvalue weighted by Crippen LogP contribution is -2.41. The van der Waals surface area contributed by atoms with Crippen LogP contribution in [0.4, 0.5) is 0 Å². The Morgan fingerprint density at radius 2 is 1.92 bits per heavy atom. The molecule has 0 aromatic carbocycles. The summed E-state index contributed by atoms with van der Waals surface area (Å²) >= 11 is 0. The summed E-state index contributed by atoms with van der Waals surface area (Å²) in [6.07, 6.45) is 0. The zero-order chi connectivity index (χ0) is 9.78. The predicted octanol–water partition coefficient (Wildman–Crippen LogP) is 2.61. The van der Waals surface area contributed by atoms with Gasteiger partial charge in [-0.3, -0.25) is 4.84 Å². The third-order valence-corrected chi connectivity index (χ3v) is 1.50. The molecule has 0 radical (unpaired) electrons. The molecule has 0 unspecified atom stereocenters. The summed E-state index contributed by atoms with van der Waals surface area (Å²) in [5, 5.41) is 1.97. The van der Waals surface area contributed by atoms with E-state index in [9.17, 15) is 0 Å². The third kappa shape index (κ3) is 4.52. The van der Waals surface area contributed by atoms with Gasteiger partial charge in [-0.2, -0.15) is 5.06 Å². The number of hydrogen-bond acceptors (Lipinski definition) is 2. The van der Waals surface area contributed by atoms with E-state index in [1.807, 2.05) is 12.0 Å². The Morgan fingerprint density at radius 1 is 1.42 bits per heavy atom. The molecule has 0 N–H and O–H groups in total. The summed E-state index contributed by atoms with van der Waals surface area (Å²) in [4.78, 5) is 5.55. The van der Waals surface area contributed by atoms with Gasteiger partial charge in [0.2, 0.25) is 0 Å². The van der Waals surface area contributed by atoms with Crippen molar-refractivity contribution in [2.24, 2.45) is 0 Å². The largest absolute Gasteiger partial charge is 0.294 e. The van der Waals surface area contributed by atoms with Gasteiger partial charge in [-0.05, 0) is 27.7 Å². The van der Waals surface area contributed by atoms with E-state index >= 15 is 0 Å². The first-order valence-corrected chi connectivity index (χ1v) is 4.43. The smallest absolute Gasteiger partial charge is 0.0890 e. The minimum Gasteiger partial charge on any atom is -0.294 e. The summed E-state index contributed by atoms with van der Waals surface area (Å²) in [7, 11) is 0. The summed E-state index contributed by atoms with van der Waals surface area (Å²) in [6.45, 7) is 15.8. The maximum absolute atomic E-state index is 5.55. The lowest BCUT2D eigenvalue weighted by molar-refractivity contribution is -0.199. The Morgan fingerprint density at radius 3 is 2.17 bits per heavy atom. The first-order valence-electron chi connectivity index (χ1n) is 4.43. The molecule has 0 rings (SSSR count). The third-order valence-electron chi connectivity index (χ3n) is 1.50. The molecule has 2 nitrogen and oxygen atoms in total. The molecule has 0 aliphatic carbocycles. The van der Waals surface area contributed by atoms with Crippen LogP contribution in [-0.2, 0) is 4.84 Å². The first kappa shape index (κ1) is 11.7. The van der Waals surface area contributed by atoms with Gasteiger partial charge >= 0.3 is 0 Å². The molecule has 0 aromatic heterocycles. The van der Waals surface area contributed by atoms with Crippen LogP contribution in [0.3, 0.4) is 0 Å². The SMILES string of the molecule is C=C(C)CON(CC)C(C)(C)C. The molecule has 0 fully saturated rings. The van der Waals surface area contributed by atoms with Crippen LogP contribution < -0.4 is 0 Å². The highest BCUT2D eigenvalue weighted by atomic mass is 16.7. The Kier molecular flexibility index (Phi) is 4.50. The van der Waals surface area contributed by atoms with Crippen molar-refractivity contribution >= 4 is 0 Å². The Bertz CT molecular complexity index is 146. The molecule has 0 aliphatic rings. The Hall–Kier alpha value is -0.340. The van der Waals surface area contributed by atoms with Crippen LogP contribution in [-0.4, -0.2) is 23.8 Å². The van der Waals surface area contributed by atoms with E-state index in [2.05, 4.69) is 34.3 Å². The fourth-order valence-corrected chi connectivity index (χ4v) is 0.947. The lowest BCUT2D eigenvalue weighted by Gasteiger charge is -2.33. The monoisotopic (exact) mass is 171 g/mol. The summed E-state index contributed by atoms with van der Waals surface area (Å²) in [5.74, 6) is 0. The molecule has 0 amide bonds. The quantitative estimate of drug-likeness (QED) is 0.476. The molecule has 0 bridgehead atoms. The maximum atomic E-state index is 5.55. The highest BCUT2D eigenvalue weighted by molar-refractivity contribution is 4.87. The number of hydrogen-bond donors (Lipinski definition) is 0. The van der Waals surface area contributed by atoms with Crippen LogP contribution in [0.1, 0.15) is 34.6 Å². The van der Waals surface area contributed by atoms with E-state index in [0.717, 1.165) is 12.1 Å². The number of rotatable bonds is 4. The molecule has 0 aliphatic heterocycles. The standard InChI is InChI=1S/C10H21NO/c1-7-11(10(4,5)6)12-8-9(2)3/h2,7-8H2,1,3-6H3. The molecule has 72 valence electrons. The fourth-order valence-electron chi connectivity index (χ4n) is 0.947. The van der Waals surface area contributed by atoms with Crippen LogP contribution in [0.2, 0.25) is 0 Å². The van der Waals surface area contributed by atoms with Crippen LogP contribution in [0, 0.1) is 0 Å².